The van der Waals surface area contributed by atoms with Gasteiger partial charge in [-0.3, -0.25) is 0 Å². The fourth-order valence-electron chi connectivity index (χ4n) is 1.99. The van der Waals surface area contributed by atoms with Gasteiger partial charge < -0.3 is 5.32 Å². The van der Waals surface area contributed by atoms with E-state index < -0.39 is 0 Å². The van der Waals surface area contributed by atoms with E-state index in [1.165, 1.54) is 4.88 Å². The molecule has 0 saturated heterocycles. The fourth-order valence-corrected chi connectivity index (χ4v) is 3.45. The molecular weight excluding hydrogens is 325 g/mol. The Morgan fingerprint density at radius 3 is 2.53 bits per heavy atom. The van der Waals surface area contributed by atoms with Gasteiger partial charge >= 0.3 is 0 Å². The van der Waals surface area contributed by atoms with Gasteiger partial charge in [-0.1, -0.05) is 12.1 Å². The summed E-state index contributed by atoms with van der Waals surface area (Å²) >= 11 is 5.18. The van der Waals surface area contributed by atoms with Crippen molar-refractivity contribution < 1.29 is 4.39 Å². The van der Waals surface area contributed by atoms with E-state index in [1.807, 2.05) is 12.1 Å². The number of benzene rings is 1. The molecule has 1 N–H and O–H groups in total. The van der Waals surface area contributed by atoms with Gasteiger partial charge in [0.15, 0.2) is 0 Å². The monoisotopic (exact) mass is 341 g/mol. The third-order valence-corrected chi connectivity index (χ3v) is 5.09. The Bertz CT molecular complexity index is 567. The Balaban J connectivity index is 2.07. The average molecular weight is 342 g/mol. The predicted octanol–water partition coefficient (Wildman–Crippen LogP) is 5.37. The van der Waals surface area contributed by atoms with Crippen LogP contribution in [-0.2, 0) is 0 Å². The van der Waals surface area contributed by atoms with E-state index >= 15 is 0 Å². The minimum Gasteiger partial charge on any atom is -0.303 e. The van der Waals surface area contributed by atoms with Gasteiger partial charge in [0.1, 0.15) is 5.82 Å². The van der Waals surface area contributed by atoms with Crippen LogP contribution in [0, 0.1) is 12.7 Å². The minimum absolute atomic E-state index is 0.117. The molecule has 0 aliphatic heterocycles. The van der Waals surface area contributed by atoms with E-state index in [9.17, 15) is 4.39 Å². The molecule has 1 aromatic carbocycles. The maximum absolute atomic E-state index is 13.6. The lowest BCUT2D eigenvalue weighted by Gasteiger charge is -2.20. The molecule has 0 bridgehead atoms. The Labute approximate surface area is 126 Å². The molecule has 2 rings (SSSR count). The van der Waals surface area contributed by atoms with Gasteiger partial charge in [-0.15, -0.1) is 11.3 Å². The van der Waals surface area contributed by atoms with Gasteiger partial charge in [0.25, 0.3) is 0 Å². The van der Waals surface area contributed by atoms with E-state index in [0.717, 1.165) is 10.0 Å². The summed E-state index contributed by atoms with van der Waals surface area (Å²) in [5.41, 5.74) is 1.66. The zero-order valence-electron chi connectivity index (χ0n) is 11.2. The van der Waals surface area contributed by atoms with Crippen LogP contribution in [0.15, 0.2) is 34.1 Å². The first-order valence-electron chi connectivity index (χ1n) is 6.23. The number of hydrogen-bond acceptors (Lipinski definition) is 2. The molecule has 1 aromatic heterocycles. The first kappa shape index (κ1) is 14.7. The number of halogens is 2. The molecule has 2 atom stereocenters. The van der Waals surface area contributed by atoms with Crippen LogP contribution in [0.4, 0.5) is 4.39 Å². The predicted molar refractivity (Wildman–Crippen MR) is 83.1 cm³/mol. The summed E-state index contributed by atoms with van der Waals surface area (Å²) in [6, 6.07) is 7.90. The van der Waals surface area contributed by atoms with Crippen LogP contribution >= 0.6 is 27.3 Å². The van der Waals surface area contributed by atoms with Crippen molar-refractivity contribution in [3.63, 3.8) is 0 Å². The first-order valence-corrected chi connectivity index (χ1v) is 7.90. The van der Waals surface area contributed by atoms with Crippen LogP contribution in [-0.4, -0.2) is 0 Å². The fraction of sp³-hybridized carbons (Fsp3) is 0.333. The van der Waals surface area contributed by atoms with Crippen molar-refractivity contribution in [3.05, 3.63) is 55.9 Å². The van der Waals surface area contributed by atoms with Crippen molar-refractivity contribution >= 4 is 27.3 Å². The van der Waals surface area contributed by atoms with E-state index in [4.69, 9.17) is 0 Å². The summed E-state index contributed by atoms with van der Waals surface area (Å²) < 4.78 is 14.7. The third kappa shape index (κ3) is 3.65. The van der Waals surface area contributed by atoms with Gasteiger partial charge in [0.2, 0.25) is 0 Å². The molecule has 1 heterocycles. The normalized spacial score (nSPS) is 14.4. The molecule has 2 unspecified atom stereocenters. The summed E-state index contributed by atoms with van der Waals surface area (Å²) in [6.07, 6.45) is 0. The molecule has 0 saturated carbocycles. The standard InChI is InChI=1S/C15H17BrFNS/c1-9-4-5-12(6-14(9)17)10(2)18-11(3)15-7-13(16)8-19-15/h4-8,10-11,18H,1-3H3. The molecule has 19 heavy (non-hydrogen) atoms. The minimum atomic E-state index is -0.141. The second-order valence-corrected chi connectivity index (χ2v) is 6.64. The molecule has 1 nitrogen and oxygen atoms in total. The molecule has 0 spiro atoms. The molecule has 0 fully saturated rings. The van der Waals surface area contributed by atoms with Gasteiger partial charge in [-0.25, -0.2) is 4.39 Å². The van der Waals surface area contributed by atoms with Crippen LogP contribution in [0.5, 0.6) is 0 Å². The molecule has 4 heteroatoms. The Morgan fingerprint density at radius 2 is 1.95 bits per heavy atom. The van der Waals surface area contributed by atoms with Crippen molar-refractivity contribution in [1.82, 2.24) is 5.32 Å². The van der Waals surface area contributed by atoms with Crippen LogP contribution in [0.1, 0.15) is 41.9 Å². The number of thiophene rings is 1. The number of rotatable bonds is 4. The summed E-state index contributed by atoms with van der Waals surface area (Å²) in [5.74, 6) is -0.141. The molecule has 0 radical (unpaired) electrons. The Kier molecular flexibility index (Phi) is 4.76. The zero-order valence-corrected chi connectivity index (χ0v) is 13.6. The van der Waals surface area contributed by atoms with E-state index in [2.05, 4.69) is 46.5 Å². The summed E-state index contributed by atoms with van der Waals surface area (Å²) in [6.45, 7) is 5.96. The summed E-state index contributed by atoms with van der Waals surface area (Å²) in [4.78, 5) is 1.27. The lowest BCUT2D eigenvalue weighted by atomic mass is 10.1. The van der Waals surface area contributed by atoms with Gasteiger partial charge in [0, 0.05) is 26.8 Å². The van der Waals surface area contributed by atoms with Crippen LogP contribution in [0.3, 0.4) is 0 Å². The highest BCUT2D eigenvalue weighted by molar-refractivity contribution is 9.10. The van der Waals surface area contributed by atoms with Crippen molar-refractivity contribution in [2.75, 3.05) is 0 Å². The quantitative estimate of drug-likeness (QED) is 0.788. The van der Waals surface area contributed by atoms with Crippen molar-refractivity contribution in [2.45, 2.75) is 32.9 Å². The van der Waals surface area contributed by atoms with Gasteiger partial charge in [-0.2, -0.15) is 0 Å². The van der Waals surface area contributed by atoms with Gasteiger partial charge in [-0.05, 0) is 60.0 Å². The lowest BCUT2D eigenvalue weighted by molar-refractivity contribution is 0.496. The van der Waals surface area contributed by atoms with Crippen LogP contribution < -0.4 is 5.32 Å². The highest BCUT2D eigenvalue weighted by Gasteiger charge is 2.13. The molecule has 2 aromatic rings. The Morgan fingerprint density at radius 1 is 1.21 bits per heavy atom. The topological polar surface area (TPSA) is 12.0 Å². The second kappa shape index (κ2) is 6.16. The van der Waals surface area contributed by atoms with Crippen molar-refractivity contribution in [3.8, 4) is 0 Å². The van der Waals surface area contributed by atoms with Gasteiger partial charge in [0.05, 0.1) is 0 Å². The number of hydrogen-bond donors (Lipinski definition) is 1. The Hall–Kier alpha value is -0.710. The smallest absolute Gasteiger partial charge is 0.126 e. The third-order valence-electron chi connectivity index (χ3n) is 3.21. The SMILES string of the molecule is Cc1ccc(C(C)NC(C)c2cc(Br)cs2)cc1F. The molecule has 102 valence electrons. The van der Waals surface area contributed by atoms with E-state index in [1.54, 1.807) is 24.3 Å². The first-order chi connectivity index (χ1) is 8.97. The average Bonchev–Trinajstić information content (AvgIpc) is 2.79. The number of aryl methyl sites for hydroxylation is 1. The maximum atomic E-state index is 13.6. The maximum Gasteiger partial charge on any atom is 0.126 e. The highest BCUT2D eigenvalue weighted by Crippen LogP contribution is 2.27. The second-order valence-electron chi connectivity index (χ2n) is 4.79. The van der Waals surface area contributed by atoms with Crippen LogP contribution in [0.25, 0.3) is 0 Å². The van der Waals surface area contributed by atoms with E-state index in [0.29, 0.717) is 5.56 Å². The molecule has 0 aliphatic carbocycles. The molecule has 0 aliphatic rings. The number of nitrogens with one attached hydrogen (secondary N) is 1. The molecular formula is C15H17BrFNS. The zero-order chi connectivity index (χ0) is 14.0. The van der Waals surface area contributed by atoms with Crippen molar-refractivity contribution in [2.24, 2.45) is 0 Å². The summed E-state index contributed by atoms with van der Waals surface area (Å²) in [7, 11) is 0. The summed E-state index contributed by atoms with van der Waals surface area (Å²) in [5, 5.41) is 5.57. The van der Waals surface area contributed by atoms with E-state index in [-0.39, 0.29) is 17.9 Å². The molecule has 0 amide bonds. The van der Waals surface area contributed by atoms with Crippen molar-refractivity contribution in [1.29, 1.82) is 0 Å². The largest absolute Gasteiger partial charge is 0.303 e. The lowest BCUT2D eigenvalue weighted by Crippen LogP contribution is -2.21. The van der Waals surface area contributed by atoms with Crippen LogP contribution in [0.2, 0.25) is 0 Å². The highest BCUT2D eigenvalue weighted by atomic mass is 79.9.